The number of nitrogen functional groups attached to an aromatic ring is 1. The number of halogens is 3. The fourth-order valence-electron chi connectivity index (χ4n) is 1.45. The number of rotatable bonds is 2. The second-order valence-corrected chi connectivity index (χ2v) is 3.20. The third-order valence-corrected chi connectivity index (χ3v) is 2.17. The first-order valence-electron chi connectivity index (χ1n) is 4.47. The van der Waals surface area contributed by atoms with Crippen LogP contribution in [0.2, 0.25) is 0 Å². The van der Waals surface area contributed by atoms with Gasteiger partial charge in [0, 0.05) is 11.5 Å². The van der Waals surface area contributed by atoms with Crippen molar-refractivity contribution in [2.24, 2.45) is 5.84 Å². The van der Waals surface area contributed by atoms with Crippen LogP contribution in [0.3, 0.4) is 0 Å². The van der Waals surface area contributed by atoms with Gasteiger partial charge in [-0.25, -0.2) is 18.2 Å². The highest BCUT2D eigenvalue weighted by molar-refractivity contribution is 5.91. The molecule has 1 aromatic heterocycles. The lowest BCUT2D eigenvalue weighted by Crippen LogP contribution is -2.08. The van der Waals surface area contributed by atoms with Gasteiger partial charge in [0.2, 0.25) is 0 Å². The van der Waals surface area contributed by atoms with Crippen molar-refractivity contribution in [2.45, 2.75) is 6.43 Å². The van der Waals surface area contributed by atoms with E-state index in [9.17, 15) is 13.2 Å². The van der Waals surface area contributed by atoms with Gasteiger partial charge in [-0.1, -0.05) is 0 Å². The molecule has 0 spiro atoms. The van der Waals surface area contributed by atoms with E-state index in [0.29, 0.717) is 11.1 Å². The molecule has 0 radical (unpaired) electrons. The molecule has 1 heterocycles. The number of anilines is 1. The predicted molar refractivity (Wildman–Crippen MR) is 54.5 cm³/mol. The third-order valence-electron chi connectivity index (χ3n) is 2.17. The molecule has 0 atom stereocenters. The number of hydrogen-bond donors (Lipinski definition) is 2. The first kappa shape index (κ1) is 10.7. The molecule has 3 N–H and O–H groups in total. The molecule has 0 amide bonds. The minimum atomic E-state index is -2.72. The van der Waals surface area contributed by atoms with Gasteiger partial charge in [-0.05, 0) is 18.2 Å². The smallest absolute Gasteiger partial charge is 0.280 e. The zero-order valence-corrected chi connectivity index (χ0v) is 8.05. The summed E-state index contributed by atoms with van der Waals surface area (Å²) in [5.74, 6) is 4.67. The first-order chi connectivity index (χ1) is 7.61. The number of fused-ring (bicyclic) bond motifs is 1. The highest BCUT2D eigenvalue weighted by Crippen LogP contribution is 2.27. The fourth-order valence-corrected chi connectivity index (χ4v) is 1.45. The highest BCUT2D eigenvalue weighted by atomic mass is 19.3. The normalized spacial score (nSPS) is 11.1. The first-order valence-corrected chi connectivity index (χ1v) is 4.47. The number of nitrogens with two attached hydrogens (primary N) is 1. The van der Waals surface area contributed by atoms with E-state index >= 15 is 0 Å². The van der Waals surface area contributed by atoms with E-state index in [4.69, 9.17) is 5.84 Å². The van der Waals surface area contributed by atoms with Crippen LogP contribution >= 0.6 is 0 Å². The molecule has 2 aromatic rings. The summed E-state index contributed by atoms with van der Waals surface area (Å²) in [6, 6.07) is 4.88. The summed E-state index contributed by atoms with van der Waals surface area (Å²) in [6.07, 6.45) is -2.72. The predicted octanol–water partition coefficient (Wildman–Crippen LogP) is 2.60. The van der Waals surface area contributed by atoms with Gasteiger partial charge < -0.3 is 5.43 Å². The van der Waals surface area contributed by atoms with Gasteiger partial charge in [0.25, 0.3) is 6.43 Å². The number of nitrogens with one attached hydrogen (secondary N) is 1. The SMILES string of the molecule is NNc1cc(C(F)F)nc2cc(F)ccc12. The van der Waals surface area contributed by atoms with Gasteiger partial charge in [-0.3, -0.25) is 5.84 Å². The van der Waals surface area contributed by atoms with Crippen LogP contribution in [-0.4, -0.2) is 4.98 Å². The van der Waals surface area contributed by atoms with Crippen LogP contribution in [-0.2, 0) is 0 Å². The van der Waals surface area contributed by atoms with Crippen molar-refractivity contribution in [3.05, 3.63) is 35.8 Å². The van der Waals surface area contributed by atoms with Crippen LogP contribution in [0.5, 0.6) is 0 Å². The van der Waals surface area contributed by atoms with Crippen molar-refractivity contribution >= 4 is 16.6 Å². The van der Waals surface area contributed by atoms with Crippen molar-refractivity contribution in [1.82, 2.24) is 4.98 Å². The second-order valence-electron chi connectivity index (χ2n) is 3.20. The number of aromatic nitrogens is 1. The largest absolute Gasteiger partial charge is 0.323 e. The Morgan fingerprint density at radius 3 is 2.62 bits per heavy atom. The van der Waals surface area contributed by atoms with Crippen molar-refractivity contribution in [3.8, 4) is 0 Å². The van der Waals surface area contributed by atoms with Crippen LogP contribution in [0.4, 0.5) is 18.9 Å². The summed E-state index contributed by atoms with van der Waals surface area (Å²) in [7, 11) is 0. The average Bonchev–Trinajstić information content (AvgIpc) is 2.26. The number of alkyl halides is 2. The monoisotopic (exact) mass is 227 g/mol. The molecule has 2 rings (SSSR count). The maximum atomic E-state index is 12.9. The number of pyridine rings is 1. The average molecular weight is 227 g/mol. The van der Waals surface area contributed by atoms with Crippen molar-refractivity contribution in [3.63, 3.8) is 0 Å². The lowest BCUT2D eigenvalue weighted by Gasteiger charge is -2.08. The maximum Gasteiger partial charge on any atom is 0.280 e. The molecule has 16 heavy (non-hydrogen) atoms. The van der Waals surface area contributed by atoms with Gasteiger partial charge in [-0.15, -0.1) is 0 Å². The van der Waals surface area contributed by atoms with E-state index in [1.807, 2.05) is 0 Å². The van der Waals surface area contributed by atoms with Crippen molar-refractivity contribution in [2.75, 3.05) is 5.43 Å². The lowest BCUT2D eigenvalue weighted by atomic mass is 10.1. The summed E-state index contributed by atoms with van der Waals surface area (Å²) in [5.41, 5.74) is 2.29. The van der Waals surface area contributed by atoms with Crippen LogP contribution < -0.4 is 11.3 Å². The van der Waals surface area contributed by atoms with Crippen LogP contribution in [0.25, 0.3) is 10.9 Å². The zero-order valence-electron chi connectivity index (χ0n) is 8.05. The van der Waals surface area contributed by atoms with Gasteiger partial charge in [0.1, 0.15) is 11.5 Å². The number of hydrazine groups is 1. The molecular weight excluding hydrogens is 219 g/mol. The summed E-state index contributed by atoms with van der Waals surface area (Å²) in [4.78, 5) is 3.66. The molecule has 6 heteroatoms. The molecule has 0 unspecified atom stereocenters. The minimum absolute atomic E-state index is 0.144. The van der Waals surface area contributed by atoms with E-state index < -0.39 is 17.9 Å². The van der Waals surface area contributed by atoms with Gasteiger partial charge >= 0.3 is 0 Å². The Kier molecular flexibility index (Phi) is 2.66. The zero-order chi connectivity index (χ0) is 11.7. The van der Waals surface area contributed by atoms with Crippen LogP contribution in [0.15, 0.2) is 24.3 Å². The van der Waals surface area contributed by atoms with E-state index in [0.717, 1.165) is 12.1 Å². The van der Waals surface area contributed by atoms with Gasteiger partial charge in [0.15, 0.2) is 0 Å². The topological polar surface area (TPSA) is 50.9 Å². The second kappa shape index (κ2) is 3.97. The van der Waals surface area contributed by atoms with Crippen LogP contribution in [0.1, 0.15) is 12.1 Å². The summed E-state index contributed by atoms with van der Waals surface area (Å²) >= 11 is 0. The summed E-state index contributed by atoms with van der Waals surface area (Å²) in [6.45, 7) is 0. The molecule has 0 saturated carbocycles. The Labute approximate surface area is 89.1 Å². The van der Waals surface area contributed by atoms with Gasteiger partial charge in [-0.2, -0.15) is 0 Å². The summed E-state index contributed by atoms with van der Waals surface area (Å²) in [5, 5.41) is 0.494. The maximum absolute atomic E-state index is 12.9. The molecule has 0 aliphatic rings. The highest BCUT2D eigenvalue weighted by Gasteiger charge is 2.13. The third kappa shape index (κ3) is 1.79. The minimum Gasteiger partial charge on any atom is -0.323 e. The molecule has 0 fully saturated rings. The van der Waals surface area contributed by atoms with E-state index in [1.54, 1.807) is 0 Å². The molecule has 1 aromatic carbocycles. The number of hydrogen-bond acceptors (Lipinski definition) is 3. The fraction of sp³-hybridized carbons (Fsp3) is 0.100. The van der Waals surface area contributed by atoms with Crippen molar-refractivity contribution in [1.29, 1.82) is 0 Å². The van der Waals surface area contributed by atoms with Gasteiger partial charge in [0.05, 0.1) is 11.2 Å². The molecule has 84 valence electrons. The number of nitrogens with zero attached hydrogens (tertiary/aromatic N) is 1. The van der Waals surface area contributed by atoms with Crippen LogP contribution in [0, 0.1) is 5.82 Å². The van der Waals surface area contributed by atoms with Crippen molar-refractivity contribution < 1.29 is 13.2 Å². The molecule has 0 bridgehead atoms. The quantitative estimate of drug-likeness (QED) is 0.612. The Hall–Kier alpha value is -1.82. The molecule has 3 nitrogen and oxygen atoms in total. The molecular formula is C10H8F3N3. The van der Waals surface area contributed by atoms with E-state index in [1.165, 1.54) is 12.1 Å². The van der Waals surface area contributed by atoms with E-state index in [2.05, 4.69) is 10.4 Å². The Morgan fingerprint density at radius 1 is 1.25 bits per heavy atom. The Bertz CT molecular complexity index is 528. The lowest BCUT2D eigenvalue weighted by molar-refractivity contribution is 0.146. The Morgan fingerprint density at radius 2 is 2.00 bits per heavy atom. The number of benzene rings is 1. The van der Waals surface area contributed by atoms with E-state index in [-0.39, 0.29) is 5.52 Å². The molecule has 0 aliphatic carbocycles. The molecule has 0 aliphatic heterocycles. The standard InChI is InChI=1S/C10H8F3N3/c11-5-1-2-6-7(3-5)15-9(10(12)13)4-8(6)16-14/h1-4,10H,14H2,(H,15,16). The summed E-state index contributed by atoms with van der Waals surface area (Å²) < 4.78 is 37.9. The molecule has 0 saturated heterocycles. The Balaban J connectivity index is 2.73.